The van der Waals surface area contributed by atoms with E-state index in [4.69, 9.17) is 9.47 Å². The summed E-state index contributed by atoms with van der Waals surface area (Å²) in [4.78, 5) is 34.2. The van der Waals surface area contributed by atoms with Gasteiger partial charge in [-0.3, -0.25) is 9.59 Å². The highest BCUT2D eigenvalue weighted by atomic mass is 32.1. The standard InChI is InChI=1S/C31H35N3O4S/c1-37-27-15-14-21(17-28(27)38-2)30(31(36)33-23-9-4-3-5-10-23)34(20-24-11-8-16-39-24)29(35)18-22-19-32-26-13-7-6-12-25(22)26/h6-8,11-17,19,23,30,32H,3-5,9-10,18,20H2,1-2H3,(H,33,36)/t30-/m0/s1. The largest absolute Gasteiger partial charge is 0.493 e. The Kier molecular flexibility index (Phi) is 8.51. The number of amides is 2. The Morgan fingerprint density at radius 3 is 2.56 bits per heavy atom. The van der Waals surface area contributed by atoms with Crippen molar-refractivity contribution in [3.8, 4) is 11.5 Å². The molecular weight excluding hydrogens is 510 g/mol. The van der Waals surface area contributed by atoms with E-state index in [0.29, 0.717) is 23.6 Å². The maximum atomic E-state index is 14.2. The number of hydrogen-bond donors (Lipinski definition) is 2. The molecule has 1 aliphatic carbocycles. The van der Waals surface area contributed by atoms with Gasteiger partial charge < -0.3 is 24.7 Å². The third-order valence-corrected chi connectivity index (χ3v) is 8.34. The van der Waals surface area contributed by atoms with Gasteiger partial charge in [-0.05, 0) is 53.6 Å². The van der Waals surface area contributed by atoms with E-state index in [1.165, 1.54) is 6.42 Å². The minimum atomic E-state index is -0.827. The Balaban J connectivity index is 1.53. The van der Waals surface area contributed by atoms with E-state index in [1.807, 2.05) is 60.1 Å². The van der Waals surface area contributed by atoms with Gasteiger partial charge in [0.05, 0.1) is 27.2 Å². The van der Waals surface area contributed by atoms with Gasteiger partial charge in [-0.2, -0.15) is 0 Å². The maximum Gasteiger partial charge on any atom is 0.247 e. The molecule has 1 aliphatic rings. The van der Waals surface area contributed by atoms with Gasteiger partial charge in [0.1, 0.15) is 6.04 Å². The number of aromatic nitrogens is 1. The Labute approximate surface area is 233 Å². The van der Waals surface area contributed by atoms with Crippen LogP contribution in [0.5, 0.6) is 11.5 Å². The molecule has 0 saturated heterocycles. The summed E-state index contributed by atoms with van der Waals surface area (Å²) in [5, 5.41) is 6.28. The first-order chi connectivity index (χ1) is 19.1. The number of H-pyrrole nitrogens is 1. The number of hydrogen-bond acceptors (Lipinski definition) is 5. The summed E-state index contributed by atoms with van der Waals surface area (Å²) >= 11 is 1.58. The lowest BCUT2D eigenvalue weighted by molar-refractivity contribution is -0.141. The number of carbonyl (C=O) groups is 2. The number of nitrogens with zero attached hydrogens (tertiary/aromatic N) is 1. The van der Waals surface area contributed by atoms with Crippen molar-refractivity contribution in [2.24, 2.45) is 0 Å². The molecule has 1 fully saturated rings. The average molecular weight is 546 g/mol. The molecule has 1 atom stereocenters. The van der Waals surface area contributed by atoms with Crippen LogP contribution in [0.25, 0.3) is 10.9 Å². The summed E-state index contributed by atoms with van der Waals surface area (Å²) in [6.07, 6.45) is 7.38. The molecule has 2 heterocycles. The molecule has 0 unspecified atom stereocenters. The van der Waals surface area contributed by atoms with Crippen LogP contribution < -0.4 is 14.8 Å². The lowest BCUT2D eigenvalue weighted by atomic mass is 9.94. The van der Waals surface area contributed by atoms with E-state index in [2.05, 4.69) is 10.3 Å². The van der Waals surface area contributed by atoms with E-state index in [9.17, 15) is 9.59 Å². The molecule has 1 saturated carbocycles. The first kappa shape index (κ1) is 26.8. The van der Waals surface area contributed by atoms with Crippen molar-refractivity contribution < 1.29 is 19.1 Å². The summed E-state index contributed by atoms with van der Waals surface area (Å²) in [5.74, 6) is 0.804. The second-order valence-electron chi connectivity index (χ2n) is 10.00. The van der Waals surface area contributed by atoms with E-state index >= 15 is 0 Å². The van der Waals surface area contributed by atoms with Crippen LogP contribution in [-0.4, -0.2) is 42.0 Å². The van der Waals surface area contributed by atoms with Gasteiger partial charge in [0.2, 0.25) is 11.8 Å². The predicted molar refractivity (Wildman–Crippen MR) is 154 cm³/mol. The fourth-order valence-electron chi connectivity index (χ4n) is 5.46. The number of rotatable bonds is 10. The van der Waals surface area contributed by atoms with Crippen LogP contribution in [-0.2, 0) is 22.6 Å². The molecule has 2 N–H and O–H groups in total. The smallest absolute Gasteiger partial charge is 0.247 e. The zero-order chi connectivity index (χ0) is 27.2. The van der Waals surface area contributed by atoms with E-state index in [1.54, 1.807) is 36.5 Å². The normalized spacial score (nSPS) is 14.6. The minimum Gasteiger partial charge on any atom is -0.493 e. The zero-order valence-electron chi connectivity index (χ0n) is 22.4. The number of carbonyl (C=O) groups excluding carboxylic acids is 2. The number of nitrogens with one attached hydrogen (secondary N) is 2. The number of ether oxygens (including phenoxy) is 2. The van der Waals surface area contributed by atoms with Gasteiger partial charge >= 0.3 is 0 Å². The van der Waals surface area contributed by atoms with Gasteiger partial charge in [-0.15, -0.1) is 11.3 Å². The van der Waals surface area contributed by atoms with Crippen LogP contribution in [0.2, 0.25) is 0 Å². The van der Waals surface area contributed by atoms with Crippen LogP contribution in [0.4, 0.5) is 0 Å². The quantitative estimate of drug-likeness (QED) is 0.256. The van der Waals surface area contributed by atoms with Gasteiger partial charge in [-0.1, -0.05) is 49.6 Å². The van der Waals surface area contributed by atoms with Crippen LogP contribution in [0.1, 0.15) is 54.1 Å². The number of para-hydroxylation sites is 1. The van der Waals surface area contributed by atoms with Gasteiger partial charge in [-0.25, -0.2) is 0 Å². The van der Waals surface area contributed by atoms with Gasteiger partial charge in [0, 0.05) is 28.0 Å². The number of aromatic amines is 1. The summed E-state index contributed by atoms with van der Waals surface area (Å²) in [5.41, 5.74) is 2.58. The number of methoxy groups -OCH3 is 2. The first-order valence-electron chi connectivity index (χ1n) is 13.5. The van der Waals surface area contributed by atoms with Crippen molar-refractivity contribution in [2.45, 2.75) is 57.2 Å². The summed E-state index contributed by atoms with van der Waals surface area (Å²) in [7, 11) is 3.16. The molecule has 39 heavy (non-hydrogen) atoms. The highest BCUT2D eigenvalue weighted by Crippen LogP contribution is 2.34. The van der Waals surface area contributed by atoms with Crippen molar-refractivity contribution in [2.75, 3.05) is 14.2 Å². The van der Waals surface area contributed by atoms with Crippen LogP contribution in [0.3, 0.4) is 0 Å². The summed E-state index contributed by atoms with van der Waals surface area (Å²) in [6, 6.07) is 16.7. The molecule has 0 spiro atoms. The first-order valence-corrected chi connectivity index (χ1v) is 14.3. The van der Waals surface area contributed by atoms with Crippen molar-refractivity contribution >= 4 is 34.1 Å². The molecule has 4 aromatic rings. The molecule has 204 valence electrons. The summed E-state index contributed by atoms with van der Waals surface area (Å²) < 4.78 is 11.0. The van der Waals surface area contributed by atoms with Crippen molar-refractivity contribution in [1.82, 2.24) is 15.2 Å². The maximum absolute atomic E-state index is 14.2. The van der Waals surface area contributed by atoms with E-state index in [0.717, 1.165) is 47.0 Å². The molecule has 0 aliphatic heterocycles. The molecule has 2 aromatic heterocycles. The Morgan fingerprint density at radius 1 is 1.03 bits per heavy atom. The molecular formula is C31H35N3O4S. The fraction of sp³-hybridized carbons (Fsp3) is 0.355. The van der Waals surface area contributed by atoms with Gasteiger partial charge in [0.25, 0.3) is 0 Å². The molecule has 2 aromatic carbocycles. The van der Waals surface area contributed by atoms with Crippen molar-refractivity contribution in [1.29, 1.82) is 0 Å². The molecule has 0 bridgehead atoms. The van der Waals surface area contributed by atoms with Crippen molar-refractivity contribution in [3.63, 3.8) is 0 Å². The third-order valence-electron chi connectivity index (χ3n) is 7.48. The van der Waals surface area contributed by atoms with E-state index in [-0.39, 0.29) is 24.3 Å². The zero-order valence-corrected chi connectivity index (χ0v) is 23.3. The Hall–Kier alpha value is -3.78. The Bertz CT molecular complexity index is 1410. The average Bonchev–Trinajstić information content (AvgIpc) is 3.63. The minimum absolute atomic E-state index is 0.112. The lowest BCUT2D eigenvalue weighted by Crippen LogP contribution is -2.47. The predicted octanol–water partition coefficient (Wildman–Crippen LogP) is 6.01. The third kappa shape index (κ3) is 6.11. The van der Waals surface area contributed by atoms with Crippen LogP contribution >= 0.6 is 11.3 Å². The molecule has 2 amide bonds. The summed E-state index contributed by atoms with van der Waals surface area (Å²) in [6.45, 7) is 0.329. The SMILES string of the molecule is COc1ccc([C@@H](C(=O)NC2CCCCC2)N(Cc2cccs2)C(=O)Cc2c[nH]c3ccccc23)cc1OC. The lowest BCUT2D eigenvalue weighted by Gasteiger charge is -2.33. The molecule has 0 radical (unpaired) electrons. The van der Waals surface area contributed by atoms with Gasteiger partial charge in [0.15, 0.2) is 11.5 Å². The topological polar surface area (TPSA) is 83.7 Å². The second kappa shape index (κ2) is 12.4. The highest BCUT2D eigenvalue weighted by Gasteiger charge is 2.34. The van der Waals surface area contributed by atoms with Crippen LogP contribution in [0, 0.1) is 0 Å². The molecule has 5 rings (SSSR count). The van der Waals surface area contributed by atoms with Crippen LogP contribution in [0.15, 0.2) is 66.2 Å². The fourth-order valence-corrected chi connectivity index (χ4v) is 6.16. The monoisotopic (exact) mass is 545 g/mol. The molecule has 8 heteroatoms. The Morgan fingerprint density at radius 2 is 1.82 bits per heavy atom. The highest BCUT2D eigenvalue weighted by molar-refractivity contribution is 7.09. The number of thiophene rings is 1. The molecule has 7 nitrogen and oxygen atoms in total. The number of benzene rings is 2. The van der Waals surface area contributed by atoms with E-state index < -0.39 is 6.04 Å². The van der Waals surface area contributed by atoms with Crippen molar-refractivity contribution in [3.05, 3.63) is 82.2 Å². The second-order valence-corrected chi connectivity index (χ2v) is 11.0. The number of fused-ring (bicyclic) bond motifs is 1.